The molecule has 0 aromatic carbocycles. The lowest BCUT2D eigenvalue weighted by Crippen LogP contribution is -2.49. The lowest BCUT2D eigenvalue weighted by atomic mass is 9.67. The van der Waals surface area contributed by atoms with Gasteiger partial charge in [-0.1, -0.05) is 20.8 Å². The Kier molecular flexibility index (Phi) is 3.54. The van der Waals surface area contributed by atoms with Crippen LogP contribution in [0.1, 0.15) is 53.4 Å². The molecule has 0 unspecified atom stereocenters. The quantitative estimate of drug-likeness (QED) is 0.672. The first-order chi connectivity index (χ1) is 8.20. The molecule has 106 valence electrons. The molecule has 3 nitrogen and oxygen atoms in total. The van der Waals surface area contributed by atoms with Crippen LogP contribution in [0, 0.1) is 23.2 Å². The molecule has 2 saturated carbocycles. The number of rotatable bonds is 1. The van der Waals surface area contributed by atoms with Gasteiger partial charge in [0.2, 0.25) is 0 Å². The number of fused-ring (bicyclic) bond motifs is 1. The van der Waals surface area contributed by atoms with Gasteiger partial charge in [-0.3, -0.25) is 0 Å². The molecule has 3 N–H and O–H groups in total. The van der Waals surface area contributed by atoms with E-state index in [9.17, 15) is 15.3 Å². The molecule has 2 fully saturated rings. The van der Waals surface area contributed by atoms with Gasteiger partial charge in [0.15, 0.2) is 0 Å². The minimum atomic E-state index is -1.07. The van der Waals surface area contributed by atoms with E-state index in [1.54, 1.807) is 6.92 Å². The summed E-state index contributed by atoms with van der Waals surface area (Å²) in [6.45, 7) is 8.16. The van der Waals surface area contributed by atoms with E-state index in [1.165, 1.54) is 0 Å². The number of aliphatic hydroxyl groups is 3. The van der Waals surface area contributed by atoms with Crippen molar-refractivity contribution >= 4 is 0 Å². The van der Waals surface area contributed by atoms with Gasteiger partial charge in [0.25, 0.3) is 0 Å². The van der Waals surface area contributed by atoms with Gasteiger partial charge in [-0.2, -0.15) is 0 Å². The van der Waals surface area contributed by atoms with E-state index in [2.05, 4.69) is 20.8 Å². The molecule has 3 heteroatoms. The fraction of sp³-hybridized carbons (Fsp3) is 1.00. The second-order valence-electron chi connectivity index (χ2n) is 7.33. The van der Waals surface area contributed by atoms with Gasteiger partial charge in [-0.25, -0.2) is 0 Å². The van der Waals surface area contributed by atoms with Crippen LogP contribution < -0.4 is 0 Å². The molecule has 0 aliphatic heterocycles. The smallest absolute Gasteiger partial charge is 0.0881 e. The fourth-order valence-electron chi connectivity index (χ4n) is 4.34. The van der Waals surface area contributed by atoms with Crippen molar-refractivity contribution < 1.29 is 15.3 Å². The van der Waals surface area contributed by atoms with Gasteiger partial charge < -0.3 is 15.3 Å². The van der Waals surface area contributed by atoms with E-state index in [-0.39, 0.29) is 11.3 Å². The minimum Gasteiger partial charge on any atom is -0.393 e. The lowest BCUT2D eigenvalue weighted by molar-refractivity contribution is -0.119. The van der Waals surface area contributed by atoms with Crippen molar-refractivity contribution in [3.05, 3.63) is 0 Å². The molecule has 18 heavy (non-hydrogen) atoms. The van der Waals surface area contributed by atoms with Crippen LogP contribution in [0.3, 0.4) is 0 Å². The zero-order valence-electron chi connectivity index (χ0n) is 12.1. The molecule has 0 bridgehead atoms. The van der Waals surface area contributed by atoms with Crippen LogP contribution in [0.15, 0.2) is 0 Å². The Morgan fingerprint density at radius 3 is 2.22 bits per heavy atom. The number of hydrogen-bond acceptors (Lipinski definition) is 3. The summed E-state index contributed by atoms with van der Waals surface area (Å²) in [6.07, 6.45) is 1.93. The topological polar surface area (TPSA) is 60.7 Å². The first kappa shape index (κ1) is 14.3. The largest absolute Gasteiger partial charge is 0.393 e. The van der Waals surface area contributed by atoms with Crippen molar-refractivity contribution in [1.82, 2.24) is 0 Å². The minimum absolute atomic E-state index is 0.00463. The van der Waals surface area contributed by atoms with E-state index < -0.39 is 17.8 Å². The van der Waals surface area contributed by atoms with Crippen LogP contribution in [-0.4, -0.2) is 33.1 Å². The third kappa shape index (κ3) is 2.00. The van der Waals surface area contributed by atoms with E-state index >= 15 is 0 Å². The maximum Gasteiger partial charge on any atom is 0.0881 e. The molecule has 0 spiro atoms. The summed E-state index contributed by atoms with van der Waals surface area (Å²) in [6, 6.07) is 0. The highest BCUT2D eigenvalue weighted by atomic mass is 16.3. The van der Waals surface area contributed by atoms with E-state index in [0.29, 0.717) is 24.7 Å². The Bertz CT molecular complexity index is 313. The second-order valence-corrected chi connectivity index (χ2v) is 7.33. The van der Waals surface area contributed by atoms with Crippen molar-refractivity contribution in [2.45, 2.75) is 71.2 Å². The van der Waals surface area contributed by atoms with Crippen LogP contribution in [-0.2, 0) is 0 Å². The number of hydrogen-bond donors (Lipinski definition) is 3. The molecule has 6 atom stereocenters. The summed E-state index contributed by atoms with van der Waals surface area (Å²) in [4.78, 5) is 0. The predicted octanol–water partition coefficient (Wildman–Crippen LogP) is 1.94. The summed E-state index contributed by atoms with van der Waals surface area (Å²) in [5.74, 6) is 0.877. The molecule has 0 radical (unpaired) electrons. The first-order valence-electron chi connectivity index (χ1n) is 7.28. The van der Waals surface area contributed by atoms with Gasteiger partial charge in [-0.05, 0) is 55.8 Å². The molecule has 0 heterocycles. The van der Waals surface area contributed by atoms with Gasteiger partial charge in [0, 0.05) is 0 Å². The molecule has 0 amide bonds. The monoisotopic (exact) mass is 256 g/mol. The Hall–Kier alpha value is -0.120. The zero-order chi connectivity index (χ0) is 13.7. The van der Waals surface area contributed by atoms with Gasteiger partial charge >= 0.3 is 0 Å². The summed E-state index contributed by atoms with van der Waals surface area (Å²) >= 11 is 0. The third-order valence-electron chi connectivity index (χ3n) is 5.76. The molecule has 0 saturated heterocycles. The Balaban J connectivity index is 2.40. The van der Waals surface area contributed by atoms with Crippen molar-refractivity contribution in [1.29, 1.82) is 0 Å². The van der Waals surface area contributed by atoms with Crippen molar-refractivity contribution in [2.24, 2.45) is 23.2 Å². The maximum absolute atomic E-state index is 10.6. The van der Waals surface area contributed by atoms with E-state index in [4.69, 9.17) is 0 Å². The number of aliphatic hydroxyl groups excluding tert-OH is 2. The lowest BCUT2D eigenvalue weighted by Gasteiger charge is -2.42. The van der Waals surface area contributed by atoms with E-state index in [0.717, 1.165) is 12.8 Å². The highest BCUT2D eigenvalue weighted by Crippen LogP contribution is 2.57. The molecular weight excluding hydrogens is 228 g/mol. The molecular formula is C15H28O3. The van der Waals surface area contributed by atoms with Crippen LogP contribution in [0.4, 0.5) is 0 Å². The summed E-state index contributed by atoms with van der Waals surface area (Å²) in [5.41, 5.74) is -1.31. The zero-order valence-corrected chi connectivity index (χ0v) is 12.1. The molecule has 2 aliphatic rings. The summed E-state index contributed by atoms with van der Waals surface area (Å²) in [5, 5.41) is 31.5. The van der Waals surface area contributed by atoms with Gasteiger partial charge in [0.1, 0.15) is 0 Å². The van der Waals surface area contributed by atoms with Crippen molar-refractivity contribution in [3.8, 4) is 0 Å². The molecule has 0 aromatic rings. The van der Waals surface area contributed by atoms with Crippen LogP contribution in [0.5, 0.6) is 0 Å². The average molecular weight is 256 g/mol. The normalized spacial score (nSPS) is 53.3. The van der Waals surface area contributed by atoms with Crippen LogP contribution in [0.2, 0.25) is 0 Å². The average Bonchev–Trinajstić information content (AvgIpc) is 2.61. The predicted molar refractivity (Wildman–Crippen MR) is 71.0 cm³/mol. The molecule has 2 rings (SSSR count). The highest BCUT2D eigenvalue weighted by molar-refractivity contribution is 5.07. The first-order valence-corrected chi connectivity index (χ1v) is 7.28. The maximum atomic E-state index is 10.6. The van der Waals surface area contributed by atoms with Crippen molar-refractivity contribution in [3.63, 3.8) is 0 Å². The van der Waals surface area contributed by atoms with Crippen LogP contribution in [0.25, 0.3) is 0 Å². The third-order valence-corrected chi connectivity index (χ3v) is 5.76. The van der Waals surface area contributed by atoms with Crippen LogP contribution >= 0.6 is 0 Å². The Labute approximate surface area is 110 Å². The van der Waals surface area contributed by atoms with Crippen molar-refractivity contribution in [2.75, 3.05) is 0 Å². The highest BCUT2D eigenvalue weighted by Gasteiger charge is 2.58. The summed E-state index contributed by atoms with van der Waals surface area (Å²) in [7, 11) is 0. The Morgan fingerprint density at radius 2 is 1.67 bits per heavy atom. The second kappa shape index (κ2) is 4.46. The van der Waals surface area contributed by atoms with E-state index in [1.807, 2.05) is 0 Å². The molecule has 2 aliphatic carbocycles. The molecule has 0 aromatic heterocycles. The SMILES string of the molecule is CC(C)[C@H]1CC[C@@]2(C)[C@H]1[C@H](O)[C@](C)(O)CC[C@@H]2O. The van der Waals surface area contributed by atoms with Gasteiger partial charge in [-0.15, -0.1) is 0 Å². The standard InChI is InChI=1S/C15H28O3/c1-9(2)10-5-7-14(3)11(16)6-8-15(4,18)13(17)12(10)14/h9-13,16-18H,5-8H2,1-4H3/t10-,11+,12-,13+,14-,15-/m1/s1. The fourth-order valence-corrected chi connectivity index (χ4v) is 4.34. The summed E-state index contributed by atoms with van der Waals surface area (Å²) < 4.78 is 0. The Morgan fingerprint density at radius 1 is 1.06 bits per heavy atom. The van der Waals surface area contributed by atoms with Gasteiger partial charge in [0.05, 0.1) is 17.8 Å².